The lowest BCUT2D eigenvalue weighted by molar-refractivity contribution is 0.170. The van der Waals surface area contributed by atoms with E-state index in [-0.39, 0.29) is 11.5 Å². The van der Waals surface area contributed by atoms with E-state index in [9.17, 15) is 13.2 Å². The van der Waals surface area contributed by atoms with Crippen LogP contribution in [-0.4, -0.2) is 20.8 Å². The summed E-state index contributed by atoms with van der Waals surface area (Å²) in [5.41, 5.74) is -0.123. The Bertz CT molecular complexity index is 375. The molecule has 0 aromatic heterocycles. The van der Waals surface area contributed by atoms with E-state index in [1.54, 1.807) is 14.2 Å². The van der Waals surface area contributed by atoms with Crippen LogP contribution in [-0.2, 0) is 4.74 Å². The number of hydrogen-bond donors (Lipinski definition) is 1. The molecular weight excluding hydrogens is 243 g/mol. The van der Waals surface area contributed by atoms with Gasteiger partial charge in [-0.05, 0) is 19.4 Å². The Hall–Kier alpha value is -1.07. The van der Waals surface area contributed by atoms with Gasteiger partial charge in [-0.2, -0.15) is 0 Å². The zero-order chi connectivity index (χ0) is 13.7. The Morgan fingerprint density at radius 2 is 1.78 bits per heavy atom. The van der Waals surface area contributed by atoms with Crippen LogP contribution in [0.3, 0.4) is 0 Å². The molecule has 5 heteroatoms. The normalized spacial score (nSPS) is 14.6. The quantitative estimate of drug-likeness (QED) is 0.850. The summed E-state index contributed by atoms with van der Waals surface area (Å²) in [6, 6.07) is 0.887. The van der Waals surface area contributed by atoms with Crippen LogP contribution in [0.5, 0.6) is 0 Å². The highest BCUT2D eigenvalue weighted by molar-refractivity contribution is 5.24. The molecular formula is C13H18F3NO. The number of benzene rings is 1. The van der Waals surface area contributed by atoms with E-state index < -0.39 is 23.5 Å². The maximum absolute atomic E-state index is 13.7. The van der Waals surface area contributed by atoms with Gasteiger partial charge in [0.1, 0.15) is 17.5 Å². The molecule has 102 valence electrons. The second kappa shape index (κ2) is 6.75. The van der Waals surface area contributed by atoms with E-state index in [0.717, 1.165) is 0 Å². The van der Waals surface area contributed by atoms with Crippen molar-refractivity contribution in [1.82, 2.24) is 5.32 Å². The van der Waals surface area contributed by atoms with Gasteiger partial charge in [0.2, 0.25) is 0 Å². The predicted octanol–water partition coefficient (Wildman–Crippen LogP) is 3.04. The van der Waals surface area contributed by atoms with Crippen molar-refractivity contribution in [2.45, 2.75) is 19.4 Å². The summed E-state index contributed by atoms with van der Waals surface area (Å²) in [6.07, 6.45) is 0.651. The van der Waals surface area contributed by atoms with Gasteiger partial charge < -0.3 is 10.1 Å². The average molecular weight is 261 g/mol. The summed E-state index contributed by atoms with van der Waals surface area (Å²) < 4.78 is 45.2. The summed E-state index contributed by atoms with van der Waals surface area (Å²) >= 11 is 0. The Kier molecular flexibility index (Phi) is 5.62. The van der Waals surface area contributed by atoms with E-state index in [4.69, 9.17) is 4.74 Å². The van der Waals surface area contributed by atoms with Crippen LogP contribution >= 0.6 is 0 Å². The van der Waals surface area contributed by atoms with Crippen molar-refractivity contribution in [2.75, 3.05) is 20.8 Å². The first kappa shape index (κ1) is 15.0. The molecule has 2 nitrogen and oxygen atoms in total. The standard InChI is InChI=1S/C13H18F3NO/c1-8(4-5-18-3)13(17-2)12-10(15)6-9(14)7-11(12)16/h6-8,13,17H,4-5H2,1-3H3. The fraction of sp³-hybridized carbons (Fsp3) is 0.538. The van der Waals surface area contributed by atoms with Gasteiger partial charge in [0.15, 0.2) is 0 Å². The van der Waals surface area contributed by atoms with Gasteiger partial charge >= 0.3 is 0 Å². The second-order valence-electron chi connectivity index (χ2n) is 4.31. The van der Waals surface area contributed by atoms with E-state index in [2.05, 4.69) is 5.32 Å². The number of hydrogen-bond acceptors (Lipinski definition) is 2. The van der Waals surface area contributed by atoms with E-state index in [1.807, 2.05) is 6.92 Å². The largest absolute Gasteiger partial charge is 0.385 e. The third-order valence-electron chi connectivity index (χ3n) is 3.01. The van der Waals surface area contributed by atoms with Crippen molar-refractivity contribution in [1.29, 1.82) is 0 Å². The third-order valence-corrected chi connectivity index (χ3v) is 3.01. The fourth-order valence-corrected chi connectivity index (χ4v) is 2.03. The zero-order valence-corrected chi connectivity index (χ0v) is 10.8. The Morgan fingerprint density at radius 3 is 2.22 bits per heavy atom. The molecule has 0 saturated carbocycles. The van der Waals surface area contributed by atoms with Gasteiger partial charge in [0, 0.05) is 37.5 Å². The van der Waals surface area contributed by atoms with Gasteiger partial charge in [-0.15, -0.1) is 0 Å². The van der Waals surface area contributed by atoms with Crippen molar-refractivity contribution in [2.24, 2.45) is 5.92 Å². The topological polar surface area (TPSA) is 21.3 Å². The van der Waals surface area contributed by atoms with Crippen LogP contribution < -0.4 is 5.32 Å². The van der Waals surface area contributed by atoms with E-state index in [0.29, 0.717) is 25.2 Å². The molecule has 0 aliphatic rings. The summed E-state index contributed by atoms with van der Waals surface area (Å²) in [6.45, 7) is 2.37. The molecule has 0 amide bonds. The Balaban J connectivity index is 3.01. The van der Waals surface area contributed by atoms with Gasteiger partial charge in [0.05, 0.1) is 0 Å². The lowest BCUT2D eigenvalue weighted by atomic mass is 9.91. The van der Waals surface area contributed by atoms with Gasteiger partial charge in [0.25, 0.3) is 0 Å². The fourth-order valence-electron chi connectivity index (χ4n) is 2.03. The molecule has 0 bridgehead atoms. The molecule has 1 rings (SSSR count). The van der Waals surface area contributed by atoms with Gasteiger partial charge in [-0.25, -0.2) is 13.2 Å². The Labute approximate surface area is 105 Å². The van der Waals surface area contributed by atoms with Crippen molar-refractivity contribution in [3.05, 3.63) is 35.1 Å². The number of methoxy groups -OCH3 is 1. The predicted molar refractivity (Wildman–Crippen MR) is 63.8 cm³/mol. The monoisotopic (exact) mass is 261 g/mol. The first-order valence-corrected chi connectivity index (χ1v) is 5.81. The number of ether oxygens (including phenoxy) is 1. The third kappa shape index (κ3) is 3.46. The first-order chi connectivity index (χ1) is 8.51. The zero-order valence-electron chi connectivity index (χ0n) is 10.8. The number of nitrogens with one attached hydrogen (secondary N) is 1. The minimum Gasteiger partial charge on any atom is -0.385 e. The van der Waals surface area contributed by atoms with Gasteiger partial charge in [-0.1, -0.05) is 6.92 Å². The second-order valence-corrected chi connectivity index (χ2v) is 4.31. The molecule has 0 heterocycles. The molecule has 0 aliphatic heterocycles. The molecule has 2 unspecified atom stereocenters. The lowest BCUT2D eigenvalue weighted by Crippen LogP contribution is -2.26. The van der Waals surface area contributed by atoms with Crippen LogP contribution in [0.2, 0.25) is 0 Å². The minimum atomic E-state index is -0.909. The summed E-state index contributed by atoms with van der Waals surface area (Å²) in [4.78, 5) is 0. The molecule has 2 atom stereocenters. The maximum atomic E-state index is 13.7. The summed E-state index contributed by atoms with van der Waals surface area (Å²) in [5, 5.41) is 2.87. The maximum Gasteiger partial charge on any atom is 0.133 e. The van der Waals surface area contributed by atoms with Gasteiger partial charge in [-0.3, -0.25) is 0 Å². The van der Waals surface area contributed by atoms with Crippen molar-refractivity contribution in [3.8, 4) is 0 Å². The highest BCUT2D eigenvalue weighted by Gasteiger charge is 2.24. The van der Waals surface area contributed by atoms with E-state index >= 15 is 0 Å². The average Bonchev–Trinajstić information content (AvgIpc) is 2.30. The van der Waals surface area contributed by atoms with Crippen LogP contribution in [0, 0.1) is 23.4 Å². The van der Waals surface area contributed by atoms with Crippen LogP contribution in [0.1, 0.15) is 24.9 Å². The smallest absolute Gasteiger partial charge is 0.133 e. The molecule has 1 aromatic carbocycles. The molecule has 0 radical (unpaired) electrons. The molecule has 1 aromatic rings. The Morgan fingerprint density at radius 1 is 1.22 bits per heavy atom. The number of halogens is 3. The highest BCUT2D eigenvalue weighted by atomic mass is 19.1. The van der Waals surface area contributed by atoms with Crippen molar-refractivity contribution >= 4 is 0 Å². The van der Waals surface area contributed by atoms with Crippen LogP contribution in [0.15, 0.2) is 12.1 Å². The van der Waals surface area contributed by atoms with Crippen LogP contribution in [0.4, 0.5) is 13.2 Å². The SMILES string of the molecule is CNC(c1c(F)cc(F)cc1F)C(C)CCOC. The van der Waals surface area contributed by atoms with Crippen molar-refractivity contribution in [3.63, 3.8) is 0 Å². The number of rotatable bonds is 6. The molecule has 18 heavy (non-hydrogen) atoms. The summed E-state index contributed by atoms with van der Waals surface area (Å²) in [5.74, 6) is -2.68. The van der Waals surface area contributed by atoms with Crippen LogP contribution in [0.25, 0.3) is 0 Å². The lowest BCUT2D eigenvalue weighted by Gasteiger charge is -2.24. The molecule has 0 saturated heterocycles. The van der Waals surface area contributed by atoms with Crippen molar-refractivity contribution < 1.29 is 17.9 Å². The van der Waals surface area contributed by atoms with E-state index in [1.165, 1.54) is 0 Å². The summed E-state index contributed by atoms with van der Waals surface area (Å²) in [7, 11) is 3.19. The highest BCUT2D eigenvalue weighted by Crippen LogP contribution is 2.29. The molecule has 1 N–H and O–H groups in total. The molecule has 0 aliphatic carbocycles. The minimum absolute atomic E-state index is 0.0376. The molecule has 0 fully saturated rings. The molecule has 0 spiro atoms. The first-order valence-electron chi connectivity index (χ1n) is 5.81.